The summed E-state index contributed by atoms with van der Waals surface area (Å²) in [4.78, 5) is 13.2. The average molecular weight is 581 g/mol. The number of aromatic hydroxyl groups is 1. The van der Waals surface area contributed by atoms with Crippen LogP contribution >= 0.6 is 56.8 Å². The average Bonchev–Trinajstić information content (AvgIpc) is 2.94. The summed E-state index contributed by atoms with van der Waals surface area (Å²) < 4.78 is 7.24. The second kappa shape index (κ2) is 7.84. The van der Waals surface area contributed by atoms with E-state index in [0.29, 0.717) is 41.1 Å². The number of unbranched alkanes of at least 4 members (excludes halogenated alkanes) is 1. The third-order valence-electron chi connectivity index (χ3n) is 3.99. The highest BCUT2D eigenvalue weighted by Gasteiger charge is 2.23. The Morgan fingerprint density at radius 2 is 1.88 bits per heavy atom. The monoisotopic (exact) mass is 580 g/mol. The minimum Gasteiger partial charge on any atom is -0.506 e. The number of phenolic OH excluding ortho intramolecular Hbond substituents is 1. The lowest BCUT2D eigenvalue weighted by atomic mass is 9.98. The Kier molecular flexibility index (Phi) is 5.95. The van der Waals surface area contributed by atoms with Crippen LogP contribution in [0.25, 0.3) is 11.0 Å². The van der Waals surface area contributed by atoms with E-state index in [-0.39, 0.29) is 11.5 Å². The molecule has 2 aromatic carbocycles. The Morgan fingerprint density at radius 3 is 2.52 bits per heavy atom. The molecule has 3 nitrogen and oxygen atoms in total. The maximum atomic E-state index is 13.2. The van der Waals surface area contributed by atoms with Gasteiger partial charge in [0, 0.05) is 22.4 Å². The second-order valence-electron chi connectivity index (χ2n) is 5.76. The topological polar surface area (TPSA) is 50.4 Å². The number of ketones is 1. The van der Waals surface area contributed by atoms with Gasteiger partial charge in [0.1, 0.15) is 17.1 Å². The van der Waals surface area contributed by atoms with Gasteiger partial charge in [-0.05, 0) is 81.9 Å². The molecule has 0 bridgehead atoms. The van der Waals surface area contributed by atoms with Crippen LogP contribution in [0, 0.1) is 7.14 Å². The zero-order valence-electron chi connectivity index (χ0n) is 13.4. The van der Waals surface area contributed by atoms with Gasteiger partial charge in [0.15, 0.2) is 5.78 Å². The molecule has 0 spiro atoms. The van der Waals surface area contributed by atoms with Crippen LogP contribution in [-0.4, -0.2) is 10.9 Å². The van der Waals surface area contributed by atoms with Crippen LogP contribution in [0.2, 0.25) is 5.02 Å². The maximum Gasteiger partial charge on any atom is 0.197 e. The Balaban J connectivity index is 2.18. The molecule has 0 radical (unpaired) electrons. The molecule has 0 unspecified atom stereocenters. The Morgan fingerprint density at radius 1 is 1.20 bits per heavy atom. The molecule has 1 aromatic heterocycles. The van der Waals surface area contributed by atoms with Gasteiger partial charge in [0.2, 0.25) is 0 Å². The molecule has 0 saturated heterocycles. The number of fused-ring (bicyclic) bond motifs is 1. The van der Waals surface area contributed by atoms with E-state index in [2.05, 4.69) is 6.92 Å². The van der Waals surface area contributed by atoms with Crippen LogP contribution in [0.15, 0.2) is 34.7 Å². The van der Waals surface area contributed by atoms with Gasteiger partial charge >= 0.3 is 0 Å². The van der Waals surface area contributed by atoms with E-state index in [1.165, 1.54) is 0 Å². The Hall–Kier alpha value is -0.800. The molecule has 0 amide bonds. The van der Waals surface area contributed by atoms with Gasteiger partial charge in [-0.25, -0.2) is 0 Å². The number of hydrogen-bond acceptors (Lipinski definition) is 3. The molecular formula is C19H15ClI2O3. The standard InChI is InChI=1S/C19H15ClI2O3/c1-2-3-4-16-17(12-9-11(20)5-6-15(12)25-16)18(23)10-7-13(21)19(24)14(22)8-10/h5-9,24H,2-4H2,1H3. The number of benzene rings is 2. The van der Waals surface area contributed by atoms with Crippen molar-refractivity contribution in [1.29, 1.82) is 0 Å². The third kappa shape index (κ3) is 3.83. The number of furan rings is 1. The van der Waals surface area contributed by atoms with E-state index in [0.717, 1.165) is 18.2 Å². The van der Waals surface area contributed by atoms with E-state index < -0.39 is 0 Å². The summed E-state index contributed by atoms with van der Waals surface area (Å²) in [6.45, 7) is 2.10. The van der Waals surface area contributed by atoms with E-state index in [1.54, 1.807) is 30.3 Å². The van der Waals surface area contributed by atoms with Crippen molar-refractivity contribution in [3.05, 3.63) is 59.4 Å². The van der Waals surface area contributed by atoms with Gasteiger partial charge in [-0.1, -0.05) is 24.9 Å². The summed E-state index contributed by atoms with van der Waals surface area (Å²) >= 11 is 10.2. The van der Waals surface area contributed by atoms with Crippen LogP contribution in [0.4, 0.5) is 0 Å². The molecule has 0 aliphatic carbocycles. The summed E-state index contributed by atoms with van der Waals surface area (Å²) in [7, 11) is 0. The lowest BCUT2D eigenvalue weighted by Crippen LogP contribution is -2.05. The van der Waals surface area contributed by atoms with Gasteiger partial charge < -0.3 is 9.52 Å². The third-order valence-corrected chi connectivity index (χ3v) is 5.87. The molecule has 3 aromatic rings. The molecular weight excluding hydrogens is 565 g/mol. The molecule has 1 N–H and O–H groups in total. The summed E-state index contributed by atoms with van der Waals surface area (Å²) in [6.07, 6.45) is 2.66. The summed E-state index contributed by atoms with van der Waals surface area (Å²) in [6, 6.07) is 8.74. The number of aryl methyl sites for hydroxylation is 1. The van der Waals surface area contributed by atoms with E-state index in [4.69, 9.17) is 16.0 Å². The minimum atomic E-state index is -0.108. The van der Waals surface area contributed by atoms with Crippen molar-refractivity contribution >= 4 is 73.5 Å². The van der Waals surface area contributed by atoms with Crippen LogP contribution < -0.4 is 0 Å². The van der Waals surface area contributed by atoms with Crippen molar-refractivity contribution < 1.29 is 14.3 Å². The highest BCUT2D eigenvalue weighted by molar-refractivity contribution is 14.1. The molecule has 0 aliphatic rings. The Labute approximate surface area is 178 Å². The fourth-order valence-corrected chi connectivity index (χ4v) is 4.66. The first-order valence-corrected chi connectivity index (χ1v) is 10.4. The number of halogens is 3. The fraction of sp³-hybridized carbons (Fsp3) is 0.211. The van der Waals surface area contributed by atoms with Gasteiger partial charge in [0.05, 0.1) is 12.7 Å². The molecule has 0 fully saturated rings. The zero-order chi connectivity index (χ0) is 18.1. The summed E-state index contributed by atoms with van der Waals surface area (Å²) in [5.41, 5.74) is 1.78. The molecule has 0 aliphatic heterocycles. The van der Waals surface area contributed by atoms with Crippen molar-refractivity contribution in [2.24, 2.45) is 0 Å². The molecule has 6 heteroatoms. The minimum absolute atomic E-state index is 0.108. The largest absolute Gasteiger partial charge is 0.506 e. The van der Waals surface area contributed by atoms with Crippen molar-refractivity contribution in [2.45, 2.75) is 26.2 Å². The van der Waals surface area contributed by atoms with E-state index in [9.17, 15) is 9.90 Å². The molecule has 3 rings (SSSR count). The first-order chi connectivity index (χ1) is 11.9. The molecule has 130 valence electrons. The smallest absolute Gasteiger partial charge is 0.197 e. The normalized spacial score (nSPS) is 11.2. The Bertz CT molecular complexity index is 940. The highest BCUT2D eigenvalue weighted by atomic mass is 127. The lowest BCUT2D eigenvalue weighted by molar-refractivity contribution is 0.103. The van der Waals surface area contributed by atoms with Crippen molar-refractivity contribution in [3.8, 4) is 5.75 Å². The van der Waals surface area contributed by atoms with Gasteiger partial charge in [-0.3, -0.25) is 4.79 Å². The van der Waals surface area contributed by atoms with Gasteiger partial charge in [-0.2, -0.15) is 0 Å². The van der Waals surface area contributed by atoms with Crippen LogP contribution in [0.3, 0.4) is 0 Å². The van der Waals surface area contributed by atoms with E-state index >= 15 is 0 Å². The number of hydrogen-bond donors (Lipinski definition) is 1. The number of carbonyl (C=O) groups is 1. The first kappa shape index (κ1) is 19.0. The van der Waals surface area contributed by atoms with Crippen molar-refractivity contribution in [3.63, 3.8) is 0 Å². The SMILES string of the molecule is CCCCc1oc2ccc(Cl)cc2c1C(=O)c1cc(I)c(O)c(I)c1. The van der Waals surface area contributed by atoms with Gasteiger partial charge in [0.25, 0.3) is 0 Å². The highest BCUT2D eigenvalue weighted by Crippen LogP contribution is 2.33. The summed E-state index contributed by atoms with van der Waals surface area (Å²) in [5.74, 6) is 0.786. The van der Waals surface area contributed by atoms with E-state index in [1.807, 2.05) is 45.2 Å². The first-order valence-electron chi connectivity index (χ1n) is 7.86. The number of carbonyl (C=O) groups excluding carboxylic acids is 1. The van der Waals surface area contributed by atoms with Gasteiger partial charge in [-0.15, -0.1) is 0 Å². The zero-order valence-corrected chi connectivity index (χ0v) is 18.5. The number of phenols is 1. The molecule has 25 heavy (non-hydrogen) atoms. The predicted molar refractivity (Wildman–Crippen MR) is 117 cm³/mol. The lowest BCUT2D eigenvalue weighted by Gasteiger charge is -2.06. The van der Waals surface area contributed by atoms with Crippen LogP contribution in [0.5, 0.6) is 5.75 Å². The number of rotatable bonds is 5. The van der Waals surface area contributed by atoms with Crippen molar-refractivity contribution in [1.82, 2.24) is 0 Å². The van der Waals surface area contributed by atoms with Crippen LogP contribution in [-0.2, 0) is 6.42 Å². The maximum absolute atomic E-state index is 13.2. The predicted octanol–water partition coefficient (Wildman–Crippen LogP) is 6.57. The molecule has 1 heterocycles. The quantitative estimate of drug-likeness (QED) is 0.274. The summed E-state index contributed by atoms with van der Waals surface area (Å²) in [5, 5.41) is 11.3. The van der Waals surface area contributed by atoms with Crippen LogP contribution in [0.1, 0.15) is 41.4 Å². The molecule has 0 atom stereocenters. The molecule has 0 saturated carbocycles. The fourth-order valence-electron chi connectivity index (χ4n) is 2.72. The van der Waals surface area contributed by atoms with Crippen molar-refractivity contribution in [2.75, 3.05) is 0 Å². The second-order valence-corrected chi connectivity index (χ2v) is 8.52.